The molecule has 1 heterocycles. The fourth-order valence-electron chi connectivity index (χ4n) is 4.12. The molecule has 1 fully saturated rings. The first-order chi connectivity index (χ1) is 14.1. The molecule has 0 aromatic heterocycles. The maximum atomic E-state index is 12.7. The SMILES string of the molecule is CC(=O)N1C=Cc2ccccc2[C@H]1CC(=O)Nc1ccc(OC2CCCC2)cc1. The lowest BCUT2D eigenvalue weighted by Gasteiger charge is -2.32. The molecule has 2 aliphatic rings. The second-order valence-corrected chi connectivity index (χ2v) is 7.69. The van der Waals surface area contributed by atoms with Crippen LogP contribution in [0, 0.1) is 0 Å². The largest absolute Gasteiger partial charge is 0.490 e. The summed E-state index contributed by atoms with van der Waals surface area (Å²) >= 11 is 0. The summed E-state index contributed by atoms with van der Waals surface area (Å²) in [4.78, 5) is 26.4. The first kappa shape index (κ1) is 19.2. The molecule has 1 N–H and O–H groups in total. The van der Waals surface area contributed by atoms with Crippen LogP contribution in [0.5, 0.6) is 5.75 Å². The molecule has 4 rings (SSSR count). The highest BCUT2D eigenvalue weighted by atomic mass is 16.5. The van der Waals surface area contributed by atoms with Crippen LogP contribution in [-0.4, -0.2) is 22.8 Å². The third kappa shape index (κ3) is 4.50. The van der Waals surface area contributed by atoms with Crippen molar-refractivity contribution in [3.8, 4) is 5.75 Å². The van der Waals surface area contributed by atoms with Crippen molar-refractivity contribution < 1.29 is 14.3 Å². The number of carbonyl (C=O) groups excluding carboxylic acids is 2. The van der Waals surface area contributed by atoms with E-state index in [0.29, 0.717) is 6.10 Å². The Bertz CT molecular complexity index is 914. The first-order valence-electron chi connectivity index (χ1n) is 10.2. The van der Waals surface area contributed by atoms with E-state index in [4.69, 9.17) is 4.74 Å². The highest BCUT2D eigenvalue weighted by Crippen LogP contribution is 2.33. The van der Waals surface area contributed by atoms with Crippen molar-refractivity contribution in [2.75, 3.05) is 5.32 Å². The van der Waals surface area contributed by atoms with Crippen molar-refractivity contribution in [2.24, 2.45) is 0 Å². The number of fused-ring (bicyclic) bond motifs is 1. The van der Waals surface area contributed by atoms with Crippen molar-refractivity contribution in [2.45, 2.75) is 51.2 Å². The van der Waals surface area contributed by atoms with Gasteiger partial charge in [-0.25, -0.2) is 0 Å². The standard InChI is InChI=1S/C24H26N2O3/c1-17(27)26-15-14-18-6-2-5-9-22(18)23(26)16-24(28)25-19-10-12-21(13-11-19)29-20-7-3-4-8-20/h2,5-6,9-15,20,23H,3-4,7-8,16H2,1H3,(H,25,28)/t23-/m1/s1. The molecular formula is C24H26N2O3. The van der Waals surface area contributed by atoms with Gasteiger partial charge in [0.05, 0.1) is 18.6 Å². The van der Waals surface area contributed by atoms with E-state index >= 15 is 0 Å². The van der Waals surface area contributed by atoms with Gasteiger partial charge in [-0.2, -0.15) is 0 Å². The highest BCUT2D eigenvalue weighted by Gasteiger charge is 2.28. The van der Waals surface area contributed by atoms with Gasteiger partial charge in [-0.3, -0.25) is 9.59 Å². The van der Waals surface area contributed by atoms with E-state index in [0.717, 1.165) is 35.4 Å². The van der Waals surface area contributed by atoms with Gasteiger partial charge >= 0.3 is 0 Å². The molecule has 5 nitrogen and oxygen atoms in total. The Morgan fingerprint density at radius 2 is 1.79 bits per heavy atom. The lowest BCUT2D eigenvalue weighted by Crippen LogP contribution is -2.33. The smallest absolute Gasteiger partial charge is 0.226 e. The average molecular weight is 390 g/mol. The van der Waals surface area contributed by atoms with E-state index < -0.39 is 0 Å². The fourth-order valence-corrected chi connectivity index (χ4v) is 4.12. The molecule has 1 aliphatic carbocycles. The summed E-state index contributed by atoms with van der Waals surface area (Å²) < 4.78 is 5.97. The normalized spacial score (nSPS) is 18.4. The Kier molecular flexibility index (Phi) is 5.65. The van der Waals surface area contributed by atoms with Gasteiger partial charge in [0.15, 0.2) is 0 Å². The van der Waals surface area contributed by atoms with Crippen LogP contribution >= 0.6 is 0 Å². The molecule has 2 aromatic carbocycles. The molecule has 1 saturated carbocycles. The van der Waals surface area contributed by atoms with Gasteiger partial charge in [-0.05, 0) is 67.2 Å². The molecule has 5 heteroatoms. The average Bonchev–Trinajstić information content (AvgIpc) is 3.22. The predicted octanol–water partition coefficient (Wildman–Crippen LogP) is 4.91. The summed E-state index contributed by atoms with van der Waals surface area (Å²) in [6.07, 6.45) is 8.87. The van der Waals surface area contributed by atoms with Crippen LogP contribution < -0.4 is 10.1 Å². The number of carbonyl (C=O) groups is 2. The quantitative estimate of drug-likeness (QED) is 0.789. The van der Waals surface area contributed by atoms with Gasteiger partial charge in [0.1, 0.15) is 5.75 Å². The van der Waals surface area contributed by atoms with Gasteiger partial charge in [-0.15, -0.1) is 0 Å². The second kappa shape index (κ2) is 8.52. The third-order valence-corrected chi connectivity index (χ3v) is 5.59. The van der Waals surface area contributed by atoms with Crippen molar-refractivity contribution >= 4 is 23.6 Å². The van der Waals surface area contributed by atoms with Crippen LogP contribution in [0.1, 0.15) is 56.2 Å². The van der Waals surface area contributed by atoms with E-state index in [1.165, 1.54) is 19.8 Å². The highest BCUT2D eigenvalue weighted by molar-refractivity contribution is 5.92. The van der Waals surface area contributed by atoms with Crippen LogP contribution in [-0.2, 0) is 9.59 Å². The van der Waals surface area contributed by atoms with Crippen LogP contribution in [0.4, 0.5) is 5.69 Å². The topological polar surface area (TPSA) is 58.6 Å². The number of nitrogens with one attached hydrogen (secondary N) is 1. The molecule has 150 valence electrons. The Morgan fingerprint density at radius 3 is 2.52 bits per heavy atom. The zero-order chi connectivity index (χ0) is 20.2. The number of benzene rings is 2. The van der Waals surface area contributed by atoms with E-state index in [1.807, 2.05) is 54.6 Å². The summed E-state index contributed by atoms with van der Waals surface area (Å²) in [6, 6.07) is 15.1. The number of ether oxygens (including phenoxy) is 1. The molecular weight excluding hydrogens is 364 g/mol. The van der Waals surface area contributed by atoms with Crippen molar-refractivity contribution in [3.63, 3.8) is 0 Å². The summed E-state index contributed by atoms with van der Waals surface area (Å²) in [7, 11) is 0. The second-order valence-electron chi connectivity index (χ2n) is 7.69. The summed E-state index contributed by atoms with van der Waals surface area (Å²) in [5.41, 5.74) is 2.75. The molecule has 0 radical (unpaired) electrons. The zero-order valence-electron chi connectivity index (χ0n) is 16.6. The predicted molar refractivity (Wildman–Crippen MR) is 113 cm³/mol. The van der Waals surface area contributed by atoms with Crippen LogP contribution in [0.3, 0.4) is 0 Å². The third-order valence-electron chi connectivity index (χ3n) is 5.59. The number of nitrogens with zero attached hydrogens (tertiary/aromatic N) is 1. The van der Waals surface area contributed by atoms with E-state index in [2.05, 4.69) is 5.32 Å². The molecule has 0 bridgehead atoms. The van der Waals surface area contributed by atoms with E-state index in [-0.39, 0.29) is 24.3 Å². The van der Waals surface area contributed by atoms with E-state index in [9.17, 15) is 9.59 Å². The minimum Gasteiger partial charge on any atom is -0.490 e. The Balaban J connectivity index is 1.41. The Hall–Kier alpha value is -3.08. The molecule has 0 saturated heterocycles. The van der Waals surface area contributed by atoms with Gasteiger partial charge in [0.25, 0.3) is 0 Å². The van der Waals surface area contributed by atoms with Gasteiger partial charge < -0.3 is 15.0 Å². The Morgan fingerprint density at radius 1 is 1.07 bits per heavy atom. The number of hydrogen-bond donors (Lipinski definition) is 1. The monoisotopic (exact) mass is 390 g/mol. The van der Waals surface area contributed by atoms with Crippen molar-refractivity contribution in [1.29, 1.82) is 0 Å². The Labute approximate surface area is 171 Å². The van der Waals surface area contributed by atoms with Crippen LogP contribution in [0.2, 0.25) is 0 Å². The summed E-state index contributed by atoms with van der Waals surface area (Å²) in [5.74, 6) is 0.627. The molecule has 1 atom stereocenters. The maximum Gasteiger partial charge on any atom is 0.226 e. The van der Waals surface area contributed by atoms with Gasteiger partial charge in [-0.1, -0.05) is 24.3 Å². The van der Waals surface area contributed by atoms with Gasteiger partial charge in [0.2, 0.25) is 11.8 Å². The minimum atomic E-state index is -0.307. The summed E-state index contributed by atoms with van der Waals surface area (Å²) in [5, 5.41) is 2.94. The zero-order valence-corrected chi connectivity index (χ0v) is 16.6. The van der Waals surface area contributed by atoms with E-state index in [1.54, 1.807) is 11.1 Å². The van der Waals surface area contributed by atoms with Gasteiger partial charge in [0, 0.05) is 18.8 Å². The summed E-state index contributed by atoms with van der Waals surface area (Å²) in [6.45, 7) is 1.52. The lowest BCUT2D eigenvalue weighted by molar-refractivity contribution is -0.129. The molecule has 0 spiro atoms. The molecule has 2 amide bonds. The molecule has 29 heavy (non-hydrogen) atoms. The number of rotatable bonds is 5. The molecule has 0 unspecified atom stereocenters. The van der Waals surface area contributed by atoms with Crippen molar-refractivity contribution in [1.82, 2.24) is 4.90 Å². The van der Waals surface area contributed by atoms with Crippen LogP contribution in [0.15, 0.2) is 54.7 Å². The molecule has 2 aromatic rings. The fraction of sp³-hybridized carbons (Fsp3) is 0.333. The maximum absolute atomic E-state index is 12.7. The number of hydrogen-bond acceptors (Lipinski definition) is 3. The molecule has 1 aliphatic heterocycles. The van der Waals surface area contributed by atoms with Crippen molar-refractivity contribution in [3.05, 3.63) is 65.9 Å². The van der Waals surface area contributed by atoms with Crippen LogP contribution in [0.25, 0.3) is 6.08 Å². The minimum absolute atomic E-state index is 0.0815. The number of anilines is 1. The first-order valence-corrected chi connectivity index (χ1v) is 10.2. The number of amides is 2. The lowest BCUT2D eigenvalue weighted by atomic mass is 9.93.